The molecule has 1 fully saturated rings. The van der Waals surface area contributed by atoms with Crippen molar-refractivity contribution in [1.29, 1.82) is 0 Å². The van der Waals surface area contributed by atoms with Crippen LogP contribution in [0.4, 0.5) is 0 Å². The fourth-order valence-corrected chi connectivity index (χ4v) is 2.42. The third-order valence-corrected chi connectivity index (χ3v) is 3.83. The molecule has 1 aliphatic carbocycles. The second-order valence-electron chi connectivity index (χ2n) is 4.94. The number of ether oxygens (including phenoxy) is 1. The first kappa shape index (κ1) is 13.4. The zero-order valence-electron chi connectivity index (χ0n) is 11.1. The number of benzene rings is 1. The molecule has 0 amide bonds. The predicted octanol–water partition coefficient (Wildman–Crippen LogP) is 2.08. The first-order chi connectivity index (χ1) is 8.83. The van der Waals surface area contributed by atoms with Gasteiger partial charge < -0.3 is 9.84 Å². The van der Waals surface area contributed by atoms with E-state index >= 15 is 0 Å². The SMILES string of the molecule is COc1ccc(CCN(CCO)C2CCC2)cc1. The lowest BCUT2D eigenvalue weighted by Gasteiger charge is -2.37. The van der Waals surface area contributed by atoms with E-state index in [4.69, 9.17) is 9.84 Å². The third-order valence-electron chi connectivity index (χ3n) is 3.83. The largest absolute Gasteiger partial charge is 0.497 e. The summed E-state index contributed by atoms with van der Waals surface area (Å²) in [6.07, 6.45) is 4.97. The van der Waals surface area contributed by atoms with Gasteiger partial charge in [0.1, 0.15) is 5.75 Å². The van der Waals surface area contributed by atoms with Crippen LogP contribution in [0.3, 0.4) is 0 Å². The molecule has 0 aromatic heterocycles. The van der Waals surface area contributed by atoms with Gasteiger partial charge in [0.15, 0.2) is 0 Å². The molecular weight excluding hydrogens is 226 g/mol. The molecule has 0 saturated heterocycles. The number of methoxy groups -OCH3 is 1. The maximum atomic E-state index is 9.11. The average Bonchev–Trinajstić information content (AvgIpc) is 2.35. The second kappa shape index (κ2) is 6.76. The molecule has 0 radical (unpaired) electrons. The lowest BCUT2D eigenvalue weighted by Crippen LogP contribution is -2.42. The van der Waals surface area contributed by atoms with Gasteiger partial charge >= 0.3 is 0 Å². The van der Waals surface area contributed by atoms with Crippen molar-refractivity contribution in [2.75, 3.05) is 26.8 Å². The van der Waals surface area contributed by atoms with Gasteiger partial charge in [0.25, 0.3) is 0 Å². The molecule has 0 bridgehead atoms. The number of aliphatic hydroxyl groups is 1. The third kappa shape index (κ3) is 3.47. The molecule has 1 aromatic rings. The Balaban J connectivity index is 1.83. The van der Waals surface area contributed by atoms with Crippen LogP contribution in [0.2, 0.25) is 0 Å². The van der Waals surface area contributed by atoms with Gasteiger partial charge in [-0.05, 0) is 37.0 Å². The Labute approximate surface area is 109 Å². The molecule has 18 heavy (non-hydrogen) atoms. The summed E-state index contributed by atoms with van der Waals surface area (Å²) in [4.78, 5) is 2.42. The van der Waals surface area contributed by atoms with Gasteiger partial charge in [0.05, 0.1) is 13.7 Å². The lowest BCUT2D eigenvalue weighted by molar-refractivity contribution is 0.103. The molecule has 0 heterocycles. The van der Waals surface area contributed by atoms with Gasteiger partial charge in [0, 0.05) is 19.1 Å². The molecule has 3 nitrogen and oxygen atoms in total. The number of aliphatic hydroxyl groups excluding tert-OH is 1. The predicted molar refractivity (Wildman–Crippen MR) is 73.0 cm³/mol. The van der Waals surface area contributed by atoms with Gasteiger partial charge in [0.2, 0.25) is 0 Å². The van der Waals surface area contributed by atoms with Crippen molar-refractivity contribution in [3.05, 3.63) is 29.8 Å². The zero-order chi connectivity index (χ0) is 12.8. The lowest BCUT2D eigenvalue weighted by atomic mass is 9.91. The summed E-state index contributed by atoms with van der Waals surface area (Å²) in [5, 5.41) is 9.11. The number of hydrogen-bond acceptors (Lipinski definition) is 3. The molecule has 0 unspecified atom stereocenters. The van der Waals surface area contributed by atoms with E-state index in [-0.39, 0.29) is 6.61 Å². The summed E-state index contributed by atoms with van der Waals surface area (Å²) >= 11 is 0. The van der Waals surface area contributed by atoms with Gasteiger partial charge in [-0.2, -0.15) is 0 Å². The van der Waals surface area contributed by atoms with Crippen LogP contribution in [0, 0.1) is 0 Å². The van der Waals surface area contributed by atoms with Crippen molar-refractivity contribution in [2.24, 2.45) is 0 Å². The Bertz CT molecular complexity index is 346. The summed E-state index contributed by atoms with van der Waals surface area (Å²) in [7, 11) is 1.69. The van der Waals surface area contributed by atoms with E-state index in [1.807, 2.05) is 12.1 Å². The molecule has 2 rings (SSSR count). The molecule has 100 valence electrons. The van der Waals surface area contributed by atoms with E-state index < -0.39 is 0 Å². The quantitative estimate of drug-likeness (QED) is 0.803. The summed E-state index contributed by atoms with van der Waals surface area (Å²) in [5.41, 5.74) is 1.33. The van der Waals surface area contributed by atoms with Crippen LogP contribution in [0.25, 0.3) is 0 Å². The average molecular weight is 249 g/mol. The maximum absolute atomic E-state index is 9.11. The highest BCUT2D eigenvalue weighted by atomic mass is 16.5. The van der Waals surface area contributed by atoms with E-state index in [0.29, 0.717) is 6.04 Å². The van der Waals surface area contributed by atoms with Crippen molar-refractivity contribution in [3.63, 3.8) is 0 Å². The highest BCUT2D eigenvalue weighted by Gasteiger charge is 2.23. The molecule has 1 aromatic carbocycles. The zero-order valence-corrected chi connectivity index (χ0v) is 11.1. The highest BCUT2D eigenvalue weighted by Crippen LogP contribution is 2.24. The highest BCUT2D eigenvalue weighted by molar-refractivity contribution is 5.27. The van der Waals surface area contributed by atoms with Gasteiger partial charge in [-0.3, -0.25) is 4.90 Å². The van der Waals surface area contributed by atoms with E-state index in [1.165, 1.54) is 24.8 Å². The number of nitrogens with zero attached hydrogens (tertiary/aromatic N) is 1. The van der Waals surface area contributed by atoms with Crippen LogP contribution in [0.1, 0.15) is 24.8 Å². The minimum Gasteiger partial charge on any atom is -0.497 e. The minimum absolute atomic E-state index is 0.263. The maximum Gasteiger partial charge on any atom is 0.118 e. The summed E-state index contributed by atoms with van der Waals surface area (Å²) in [6, 6.07) is 8.97. The summed E-state index contributed by atoms with van der Waals surface area (Å²) in [5.74, 6) is 0.907. The Morgan fingerprint density at radius 1 is 1.22 bits per heavy atom. The Hall–Kier alpha value is -1.06. The topological polar surface area (TPSA) is 32.7 Å². The standard InChI is InChI=1S/C15H23NO2/c1-18-15-7-5-13(6-8-15)9-10-16(11-12-17)14-3-2-4-14/h5-8,14,17H,2-4,9-12H2,1H3. The first-order valence-electron chi connectivity index (χ1n) is 6.81. The molecule has 3 heteroatoms. The second-order valence-corrected chi connectivity index (χ2v) is 4.94. The number of hydrogen-bond donors (Lipinski definition) is 1. The fraction of sp³-hybridized carbons (Fsp3) is 0.600. The molecular formula is C15H23NO2. The minimum atomic E-state index is 0.263. The molecule has 1 N–H and O–H groups in total. The van der Waals surface area contributed by atoms with Crippen LogP contribution in [0.5, 0.6) is 5.75 Å². The van der Waals surface area contributed by atoms with Crippen LogP contribution < -0.4 is 4.74 Å². The Morgan fingerprint density at radius 2 is 1.94 bits per heavy atom. The molecule has 0 aliphatic heterocycles. The monoisotopic (exact) mass is 249 g/mol. The van der Waals surface area contributed by atoms with Gasteiger partial charge in [-0.1, -0.05) is 18.6 Å². The Morgan fingerprint density at radius 3 is 2.44 bits per heavy atom. The van der Waals surface area contributed by atoms with Crippen molar-refractivity contribution >= 4 is 0 Å². The van der Waals surface area contributed by atoms with Crippen LogP contribution >= 0.6 is 0 Å². The van der Waals surface area contributed by atoms with Gasteiger partial charge in [-0.25, -0.2) is 0 Å². The normalized spacial score (nSPS) is 15.7. The summed E-state index contributed by atoms with van der Waals surface area (Å²) in [6.45, 7) is 2.11. The summed E-state index contributed by atoms with van der Waals surface area (Å²) < 4.78 is 5.15. The van der Waals surface area contributed by atoms with Crippen LogP contribution in [0.15, 0.2) is 24.3 Å². The molecule has 1 saturated carbocycles. The van der Waals surface area contributed by atoms with E-state index in [1.54, 1.807) is 7.11 Å². The molecule has 1 aliphatic rings. The van der Waals surface area contributed by atoms with E-state index in [0.717, 1.165) is 25.3 Å². The molecule has 0 spiro atoms. The first-order valence-corrected chi connectivity index (χ1v) is 6.81. The van der Waals surface area contributed by atoms with Gasteiger partial charge in [-0.15, -0.1) is 0 Å². The fourth-order valence-electron chi connectivity index (χ4n) is 2.42. The van der Waals surface area contributed by atoms with Crippen molar-refractivity contribution < 1.29 is 9.84 Å². The Kier molecular flexibility index (Phi) is 5.02. The van der Waals surface area contributed by atoms with Crippen molar-refractivity contribution in [2.45, 2.75) is 31.7 Å². The number of rotatable bonds is 7. The van der Waals surface area contributed by atoms with Crippen LogP contribution in [-0.2, 0) is 6.42 Å². The van der Waals surface area contributed by atoms with Crippen LogP contribution in [-0.4, -0.2) is 42.9 Å². The van der Waals surface area contributed by atoms with E-state index in [9.17, 15) is 0 Å². The molecule has 0 atom stereocenters. The van der Waals surface area contributed by atoms with E-state index in [2.05, 4.69) is 17.0 Å². The van der Waals surface area contributed by atoms with Crippen molar-refractivity contribution in [3.8, 4) is 5.75 Å². The smallest absolute Gasteiger partial charge is 0.118 e. The van der Waals surface area contributed by atoms with Crippen molar-refractivity contribution in [1.82, 2.24) is 4.90 Å².